The van der Waals surface area contributed by atoms with Crippen molar-refractivity contribution >= 4 is 27.5 Å². The monoisotopic (exact) mass is 472 g/mol. The van der Waals surface area contributed by atoms with E-state index in [2.05, 4.69) is 50.0 Å². The molecule has 1 heterocycles. The van der Waals surface area contributed by atoms with Crippen LogP contribution in [0.15, 0.2) is 77.3 Å². The maximum Gasteiger partial charge on any atom is 0.127 e. The van der Waals surface area contributed by atoms with Gasteiger partial charge in [-0.3, -0.25) is 9.80 Å². The summed E-state index contributed by atoms with van der Waals surface area (Å²) in [6, 6.07) is 23.4. The van der Waals surface area contributed by atoms with E-state index in [0.717, 1.165) is 46.7 Å². The highest BCUT2D eigenvalue weighted by molar-refractivity contribution is 9.10. The van der Waals surface area contributed by atoms with Gasteiger partial charge in [0.05, 0.1) is 6.17 Å². The molecule has 0 bridgehead atoms. The van der Waals surface area contributed by atoms with E-state index in [1.54, 1.807) is 6.07 Å². The highest BCUT2D eigenvalue weighted by Crippen LogP contribution is 2.34. The summed E-state index contributed by atoms with van der Waals surface area (Å²) in [6.07, 6.45) is 1.08. The van der Waals surface area contributed by atoms with Crippen LogP contribution in [0.4, 0.5) is 4.39 Å². The van der Waals surface area contributed by atoms with E-state index in [1.165, 1.54) is 11.6 Å². The van der Waals surface area contributed by atoms with Gasteiger partial charge in [0.25, 0.3) is 0 Å². The Hall–Kier alpha value is -1.72. The molecule has 0 aromatic heterocycles. The van der Waals surface area contributed by atoms with Gasteiger partial charge in [0.1, 0.15) is 5.82 Å². The molecule has 2 nitrogen and oxygen atoms in total. The lowest BCUT2D eigenvalue weighted by atomic mass is 10.0. The molecule has 4 rings (SSSR count). The first-order valence-corrected chi connectivity index (χ1v) is 11.0. The van der Waals surface area contributed by atoms with Gasteiger partial charge >= 0.3 is 0 Å². The number of halogens is 3. The van der Waals surface area contributed by atoms with Crippen molar-refractivity contribution in [1.82, 2.24) is 9.80 Å². The van der Waals surface area contributed by atoms with Gasteiger partial charge in [-0.15, -0.1) is 0 Å². The first-order valence-electron chi connectivity index (χ1n) is 9.82. The van der Waals surface area contributed by atoms with E-state index in [1.807, 2.05) is 36.4 Å². The number of hydrogen-bond donors (Lipinski definition) is 0. The molecule has 3 aromatic carbocycles. The summed E-state index contributed by atoms with van der Waals surface area (Å²) in [5.41, 5.74) is 3.04. The van der Waals surface area contributed by atoms with Gasteiger partial charge in [0, 0.05) is 41.2 Å². The SMILES string of the molecule is Fc1ccccc1CN1CCCN(Cc2ccccc2Cl)[C@@H]1c1cccc(Br)c1. The van der Waals surface area contributed by atoms with Crippen LogP contribution in [0.1, 0.15) is 29.3 Å². The van der Waals surface area contributed by atoms with Crippen LogP contribution in [0.25, 0.3) is 0 Å². The molecule has 0 aliphatic carbocycles. The van der Waals surface area contributed by atoms with Gasteiger partial charge in [-0.05, 0) is 41.8 Å². The van der Waals surface area contributed by atoms with E-state index in [-0.39, 0.29) is 12.0 Å². The third-order valence-electron chi connectivity index (χ3n) is 5.39. The van der Waals surface area contributed by atoms with E-state index in [0.29, 0.717) is 6.54 Å². The molecular formula is C24H23BrClFN2. The molecule has 1 aliphatic heterocycles. The van der Waals surface area contributed by atoms with Crippen LogP contribution < -0.4 is 0 Å². The highest BCUT2D eigenvalue weighted by atomic mass is 79.9. The van der Waals surface area contributed by atoms with Gasteiger partial charge in [-0.1, -0.05) is 76.1 Å². The Balaban J connectivity index is 1.68. The van der Waals surface area contributed by atoms with Crippen molar-refractivity contribution in [3.63, 3.8) is 0 Å². The second-order valence-electron chi connectivity index (χ2n) is 7.41. The summed E-state index contributed by atoms with van der Waals surface area (Å²) in [5, 5.41) is 0.784. The predicted molar refractivity (Wildman–Crippen MR) is 120 cm³/mol. The van der Waals surface area contributed by atoms with E-state index < -0.39 is 0 Å². The van der Waals surface area contributed by atoms with Crippen LogP contribution in [-0.2, 0) is 13.1 Å². The average molecular weight is 474 g/mol. The van der Waals surface area contributed by atoms with Crippen LogP contribution >= 0.6 is 27.5 Å². The van der Waals surface area contributed by atoms with E-state index in [4.69, 9.17) is 11.6 Å². The number of nitrogens with zero attached hydrogens (tertiary/aromatic N) is 2. The second-order valence-corrected chi connectivity index (χ2v) is 8.73. The largest absolute Gasteiger partial charge is 0.280 e. The predicted octanol–water partition coefficient (Wildman–Crippen LogP) is 6.65. The quantitative estimate of drug-likeness (QED) is 0.409. The van der Waals surface area contributed by atoms with E-state index >= 15 is 0 Å². The fourth-order valence-electron chi connectivity index (χ4n) is 4.06. The molecule has 0 saturated carbocycles. The van der Waals surface area contributed by atoms with Crippen LogP contribution in [0.5, 0.6) is 0 Å². The first kappa shape index (κ1) is 20.5. The molecule has 0 N–H and O–H groups in total. The topological polar surface area (TPSA) is 6.48 Å². The van der Waals surface area contributed by atoms with Crippen molar-refractivity contribution in [1.29, 1.82) is 0 Å². The normalized spacial score (nSPS) is 18.1. The molecule has 0 radical (unpaired) electrons. The van der Waals surface area contributed by atoms with Crippen LogP contribution in [-0.4, -0.2) is 22.9 Å². The molecule has 1 saturated heterocycles. The van der Waals surface area contributed by atoms with Gasteiger partial charge in [-0.2, -0.15) is 0 Å². The third-order valence-corrected chi connectivity index (χ3v) is 6.25. The summed E-state index contributed by atoms with van der Waals surface area (Å²) >= 11 is 10.1. The smallest absolute Gasteiger partial charge is 0.127 e. The lowest BCUT2D eigenvalue weighted by Crippen LogP contribution is -2.47. The minimum atomic E-state index is -0.149. The highest BCUT2D eigenvalue weighted by Gasteiger charge is 2.31. The second kappa shape index (κ2) is 9.40. The summed E-state index contributed by atoms with van der Waals surface area (Å²) in [7, 11) is 0. The van der Waals surface area contributed by atoms with Crippen molar-refractivity contribution in [2.24, 2.45) is 0 Å². The van der Waals surface area contributed by atoms with Gasteiger partial charge < -0.3 is 0 Å². The Bertz CT molecular complexity index is 925. The van der Waals surface area contributed by atoms with Crippen LogP contribution in [0.2, 0.25) is 5.02 Å². The maximum atomic E-state index is 14.4. The molecule has 1 aliphatic rings. The minimum absolute atomic E-state index is 0.0529. The van der Waals surface area contributed by atoms with Gasteiger partial charge in [-0.25, -0.2) is 4.39 Å². The molecule has 1 atom stereocenters. The molecule has 1 fully saturated rings. The third kappa shape index (κ3) is 4.89. The number of rotatable bonds is 5. The zero-order chi connectivity index (χ0) is 20.2. The molecule has 0 unspecified atom stereocenters. The molecule has 0 amide bonds. The first-order chi connectivity index (χ1) is 14.1. The van der Waals surface area contributed by atoms with Gasteiger partial charge in [0.15, 0.2) is 0 Å². The lowest BCUT2D eigenvalue weighted by molar-refractivity contribution is -0.00965. The fourth-order valence-corrected chi connectivity index (χ4v) is 4.68. The zero-order valence-electron chi connectivity index (χ0n) is 16.1. The summed E-state index contributed by atoms with van der Waals surface area (Å²) in [4.78, 5) is 4.80. The number of benzene rings is 3. The van der Waals surface area contributed by atoms with Crippen molar-refractivity contribution in [3.8, 4) is 0 Å². The lowest BCUT2D eigenvalue weighted by Gasteiger charge is -2.44. The summed E-state index contributed by atoms with van der Waals surface area (Å²) < 4.78 is 15.4. The van der Waals surface area contributed by atoms with Crippen molar-refractivity contribution in [2.75, 3.05) is 13.1 Å². The molecular weight excluding hydrogens is 451 g/mol. The minimum Gasteiger partial charge on any atom is -0.280 e. The molecule has 29 heavy (non-hydrogen) atoms. The zero-order valence-corrected chi connectivity index (χ0v) is 18.4. The molecule has 5 heteroatoms. The van der Waals surface area contributed by atoms with Crippen molar-refractivity contribution < 1.29 is 4.39 Å². The average Bonchev–Trinajstić information content (AvgIpc) is 2.72. The Kier molecular flexibility index (Phi) is 6.66. The van der Waals surface area contributed by atoms with E-state index in [9.17, 15) is 4.39 Å². The van der Waals surface area contributed by atoms with Gasteiger partial charge in [0.2, 0.25) is 0 Å². The molecule has 150 valence electrons. The van der Waals surface area contributed by atoms with Crippen molar-refractivity contribution in [3.05, 3.63) is 105 Å². The van der Waals surface area contributed by atoms with Crippen molar-refractivity contribution in [2.45, 2.75) is 25.7 Å². The molecule has 0 spiro atoms. The summed E-state index contributed by atoms with van der Waals surface area (Å²) in [6.45, 7) is 3.22. The Morgan fingerprint density at radius 3 is 2.21 bits per heavy atom. The standard InChI is InChI=1S/C24H23BrClFN2/c25-21-10-5-9-18(15-21)24-28(16-19-7-1-3-11-22(19)26)13-6-14-29(24)17-20-8-2-4-12-23(20)27/h1-5,7-12,15,24H,6,13-14,16-17H2/t24-/m0/s1. The van der Waals surface area contributed by atoms with Crippen LogP contribution in [0, 0.1) is 5.82 Å². The summed E-state index contributed by atoms with van der Waals surface area (Å²) in [5.74, 6) is -0.149. The maximum absolute atomic E-state index is 14.4. The Morgan fingerprint density at radius 2 is 1.52 bits per heavy atom. The Morgan fingerprint density at radius 1 is 0.862 bits per heavy atom. The fraction of sp³-hybridized carbons (Fsp3) is 0.250. The molecule has 3 aromatic rings. The Labute approximate surface area is 185 Å². The number of hydrogen-bond acceptors (Lipinski definition) is 2. The van der Waals surface area contributed by atoms with Crippen LogP contribution in [0.3, 0.4) is 0 Å².